The molecule has 0 fully saturated rings. The van der Waals surface area contributed by atoms with Gasteiger partial charge in [-0.15, -0.1) is 0 Å². The van der Waals surface area contributed by atoms with Crippen molar-refractivity contribution in [2.45, 2.75) is 38.0 Å². The summed E-state index contributed by atoms with van der Waals surface area (Å²) in [4.78, 5) is 0. The Balaban J connectivity index is 1.71. The highest BCUT2D eigenvalue weighted by molar-refractivity contribution is 6.30. The lowest BCUT2D eigenvalue weighted by Gasteiger charge is -2.50. The summed E-state index contributed by atoms with van der Waals surface area (Å²) in [6, 6.07) is 18.2. The molecule has 0 aromatic heterocycles. The van der Waals surface area contributed by atoms with E-state index >= 15 is 0 Å². The van der Waals surface area contributed by atoms with Crippen LogP contribution < -0.4 is 0 Å². The fourth-order valence-electron chi connectivity index (χ4n) is 7.63. The number of fused-ring (bicyclic) bond motifs is 10. The van der Waals surface area contributed by atoms with Gasteiger partial charge >= 0.3 is 0 Å². The molecule has 3 unspecified atom stereocenters. The van der Waals surface area contributed by atoms with Gasteiger partial charge in [0.25, 0.3) is 0 Å². The molecule has 5 aliphatic rings. The molecule has 1 heteroatoms. The van der Waals surface area contributed by atoms with E-state index in [1.807, 2.05) is 0 Å². The van der Waals surface area contributed by atoms with E-state index in [-0.39, 0.29) is 10.8 Å². The summed E-state index contributed by atoms with van der Waals surface area (Å²) >= 11 is 6.82. The first-order valence-electron chi connectivity index (χ1n) is 12.2. The molecule has 33 heavy (non-hydrogen) atoms. The summed E-state index contributed by atoms with van der Waals surface area (Å²) in [7, 11) is 0. The van der Waals surface area contributed by atoms with Gasteiger partial charge < -0.3 is 0 Å². The van der Waals surface area contributed by atoms with Gasteiger partial charge in [-0.25, -0.2) is 0 Å². The van der Waals surface area contributed by atoms with Gasteiger partial charge in [0.05, 0.1) is 5.41 Å². The molecule has 3 atom stereocenters. The maximum atomic E-state index is 6.82. The van der Waals surface area contributed by atoms with Crippen molar-refractivity contribution in [3.05, 3.63) is 124 Å². The van der Waals surface area contributed by atoms with Gasteiger partial charge in [-0.2, -0.15) is 0 Å². The first-order chi connectivity index (χ1) is 16.2. The van der Waals surface area contributed by atoms with Crippen LogP contribution in [0.4, 0.5) is 0 Å². The second-order valence-electron chi connectivity index (χ2n) is 10.2. The maximum absolute atomic E-state index is 6.82. The lowest BCUT2D eigenvalue weighted by Crippen LogP contribution is -2.46. The summed E-state index contributed by atoms with van der Waals surface area (Å²) in [6.45, 7) is 2.51. The van der Waals surface area contributed by atoms with Crippen molar-refractivity contribution < 1.29 is 0 Å². The lowest BCUT2D eigenvalue weighted by molar-refractivity contribution is 0.252. The molecule has 2 aromatic rings. The first-order valence-corrected chi connectivity index (χ1v) is 12.6. The third-order valence-corrected chi connectivity index (χ3v) is 9.13. The van der Waals surface area contributed by atoms with E-state index in [0.29, 0.717) is 5.92 Å². The zero-order valence-corrected chi connectivity index (χ0v) is 19.7. The SMILES string of the molecule is CC12C=CC=CC1C1=C(C=C(Cl)CC1)C21C2=C(C=CCC2)c2ccccc2-c2ccccc21. The van der Waals surface area contributed by atoms with Crippen LogP contribution in [0.2, 0.25) is 0 Å². The molecule has 0 amide bonds. The Bertz CT molecular complexity index is 1390. The third kappa shape index (κ3) is 2.33. The van der Waals surface area contributed by atoms with Crippen molar-refractivity contribution in [2.24, 2.45) is 11.3 Å². The molecule has 7 rings (SSSR count). The first kappa shape index (κ1) is 19.6. The Kier molecular flexibility index (Phi) is 4.07. The molecule has 2 aromatic carbocycles. The van der Waals surface area contributed by atoms with Crippen molar-refractivity contribution in [1.82, 2.24) is 0 Å². The zero-order valence-electron chi connectivity index (χ0n) is 18.9. The molecule has 5 aliphatic carbocycles. The molecule has 0 nitrogen and oxygen atoms in total. The number of hydrogen-bond donors (Lipinski definition) is 0. The molecular formula is C32H27Cl. The Morgan fingerprint density at radius 1 is 0.879 bits per heavy atom. The minimum atomic E-state index is -0.232. The summed E-state index contributed by atoms with van der Waals surface area (Å²) in [5.74, 6) is 0.396. The van der Waals surface area contributed by atoms with Gasteiger partial charge in [0, 0.05) is 16.4 Å². The molecule has 0 radical (unpaired) electrons. The van der Waals surface area contributed by atoms with Crippen molar-refractivity contribution in [1.29, 1.82) is 0 Å². The van der Waals surface area contributed by atoms with Crippen LogP contribution in [0.5, 0.6) is 0 Å². The highest BCUT2D eigenvalue weighted by atomic mass is 35.5. The molecule has 0 bridgehead atoms. The van der Waals surface area contributed by atoms with Gasteiger partial charge in [-0.3, -0.25) is 0 Å². The summed E-state index contributed by atoms with van der Waals surface area (Å²) in [5.41, 5.74) is 11.2. The predicted molar refractivity (Wildman–Crippen MR) is 139 cm³/mol. The van der Waals surface area contributed by atoms with Crippen LogP contribution in [0.3, 0.4) is 0 Å². The molecule has 0 heterocycles. The number of halogens is 1. The van der Waals surface area contributed by atoms with E-state index in [4.69, 9.17) is 11.6 Å². The topological polar surface area (TPSA) is 0 Å². The van der Waals surface area contributed by atoms with E-state index in [2.05, 4.69) is 98.0 Å². The van der Waals surface area contributed by atoms with Crippen molar-refractivity contribution in [3.63, 3.8) is 0 Å². The van der Waals surface area contributed by atoms with E-state index in [1.165, 1.54) is 33.4 Å². The highest BCUT2D eigenvalue weighted by Gasteiger charge is 2.63. The summed E-state index contributed by atoms with van der Waals surface area (Å²) in [5, 5.41) is 0.996. The zero-order chi connectivity index (χ0) is 22.2. The van der Waals surface area contributed by atoms with Crippen LogP contribution in [-0.4, -0.2) is 0 Å². The van der Waals surface area contributed by atoms with Crippen molar-refractivity contribution in [3.8, 4) is 11.1 Å². The molecule has 0 aliphatic heterocycles. The minimum absolute atomic E-state index is 0.0751. The van der Waals surface area contributed by atoms with Gasteiger partial charge in [0.1, 0.15) is 0 Å². The quantitative estimate of drug-likeness (QED) is 0.379. The summed E-state index contributed by atoms with van der Waals surface area (Å²) < 4.78 is 0. The lowest BCUT2D eigenvalue weighted by atomic mass is 9.51. The number of benzene rings is 2. The van der Waals surface area contributed by atoms with Crippen LogP contribution in [0.15, 0.2) is 113 Å². The molecular weight excluding hydrogens is 420 g/mol. The van der Waals surface area contributed by atoms with E-state index in [0.717, 1.165) is 30.7 Å². The fraction of sp³-hybridized carbons (Fsp3) is 0.250. The highest BCUT2D eigenvalue weighted by Crippen LogP contribution is 2.70. The van der Waals surface area contributed by atoms with Crippen LogP contribution in [0, 0.1) is 11.3 Å². The Labute approximate surface area is 201 Å². The largest absolute Gasteiger partial charge is 0.0891 e. The van der Waals surface area contributed by atoms with Gasteiger partial charge in [-0.1, -0.05) is 109 Å². The number of rotatable bonds is 0. The average molecular weight is 447 g/mol. The molecule has 0 saturated carbocycles. The van der Waals surface area contributed by atoms with Crippen LogP contribution >= 0.6 is 11.6 Å². The Morgan fingerprint density at radius 2 is 1.67 bits per heavy atom. The fourth-order valence-corrected chi connectivity index (χ4v) is 7.84. The monoisotopic (exact) mass is 446 g/mol. The summed E-state index contributed by atoms with van der Waals surface area (Å²) in [6.07, 6.45) is 20.8. The number of allylic oxidation sites excluding steroid dienone is 12. The second-order valence-corrected chi connectivity index (χ2v) is 10.7. The van der Waals surface area contributed by atoms with Gasteiger partial charge in [0.15, 0.2) is 0 Å². The molecule has 0 N–H and O–H groups in total. The van der Waals surface area contributed by atoms with Crippen molar-refractivity contribution >= 4 is 17.2 Å². The van der Waals surface area contributed by atoms with Gasteiger partial charge in [-0.05, 0) is 70.7 Å². The third-order valence-electron chi connectivity index (χ3n) is 8.83. The van der Waals surface area contributed by atoms with Gasteiger partial charge in [0.2, 0.25) is 0 Å². The van der Waals surface area contributed by atoms with E-state index in [9.17, 15) is 0 Å². The van der Waals surface area contributed by atoms with Crippen LogP contribution in [0.1, 0.15) is 43.7 Å². The second kappa shape index (κ2) is 6.84. The number of hydrogen-bond acceptors (Lipinski definition) is 0. The standard InChI is InChI=1S/C32H27Cl/c1-31-19-9-8-14-27(31)26-18-17-21(33)20-30(26)32(31)28-15-6-4-12-24(28)22-10-2-3-11-23(22)25-13-5-7-16-29(25)32/h2-6,8-15,19-20,27H,7,16-18H2,1H3. The Morgan fingerprint density at radius 3 is 2.55 bits per heavy atom. The van der Waals surface area contributed by atoms with E-state index < -0.39 is 0 Å². The van der Waals surface area contributed by atoms with Crippen molar-refractivity contribution in [2.75, 3.05) is 0 Å². The molecule has 162 valence electrons. The Hall–Kier alpha value is -2.83. The smallest absolute Gasteiger partial charge is 0.0523 e. The normalized spacial score (nSPS) is 31.0. The van der Waals surface area contributed by atoms with Crippen LogP contribution in [0.25, 0.3) is 16.7 Å². The minimum Gasteiger partial charge on any atom is -0.0891 e. The molecule has 0 saturated heterocycles. The van der Waals surface area contributed by atoms with E-state index in [1.54, 1.807) is 11.1 Å². The average Bonchev–Trinajstić information content (AvgIpc) is 3.01. The molecule has 1 spiro atoms. The van der Waals surface area contributed by atoms with Crippen LogP contribution in [-0.2, 0) is 5.41 Å². The predicted octanol–water partition coefficient (Wildman–Crippen LogP) is 8.68. The maximum Gasteiger partial charge on any atom is 0.0523 e.